The lowest BCUT2D eigenvalue weighted by Gasteiger charge is -2.13. The van der Waals surface area contributed by atoms with Gasteiger partial charge < -0.3 is 9.72 Å². The SMILES string of the molecule is COC(=O)C(C)c1c(C)c2cnccc2[nH]c1=O. The van der Waals surface area contributed by atoms with Crippen LogP contribution in [0.4, 0.5) is 0 Å². The van der Waals surface area contributed by atoms with Crippen LogP contribution < -0.4 is 5.56 Å². The van der Waals surface area contributed by atoms with Gasteiger partial charge in [-0.15, -0.1) is 0 Å². The molecule has 0 aliphatic rings. The monoisotopic (exact) mass is 246 g/mol. The summed E-state index contributed by atoms with van der Waals surface area (Å²) in [6, 6.07) is 1.73. The van der Waals surface area contributed by atoms with E-state index in [1.165, 1.54) is 7.11 Å². The number of aromatic nitrogens is 2. The van der Waals surface area contributed by atoms with Crippen molar-refractivity contribution in [2.24, 2.45) is 0 Å². The Balaban J connectivity index is 2.72. The number of methoxy groups -OCH3 is 1. The fourth-order valence-corrected chi connectivity index (χ4v) is 2.12. The normalized spacial score (nSPS) is 12.4. The number of rotatable bonds is 2. The molecule has 0 bridgehead atoms. The van der Waals surface area contributed by atoms with Gasteiger partial charge in [0, 0.05) is 23.3 Å². The molecule has 5 nitrogen and oxygen atoms in total. The summed E-state index contributed by atoms with van der Waals surface area (Å²) in [5, 5.41) is 0.836. The number of carbonyl (C=O) groups excluding carboxylic acids is 1. The molecular formula is C13H14N2O3. The largest absolute Gasteiger partial charge is 0.469 e. The Bertz CT molecular complexity index is 661. The van der Waals surface area contributed by atoms with E-state index >= 15 is 0 Å². The van der Waals surface area contributed by atoms with Crippen LogP contribution in [0.2, 0.25) is 0 Å². The van der Waals surface area contributed by atoms with Gasteiger partial charge in [0.15, 0.2) is 0 Å². The molecule has 2 rings (SSSR count). The first-order valence-corrected chi connectivity index (χ1v) is 5.60. The summed E-state index contributed by atoms with van der Waals surface area (Å²) in [5.74, 6) is -1.02. The molecule has 2 heterocycles. The molecule has 1 N–H and O–H groups in total. The minimum absolute atomic E-state index is 0.260. The number of hydrogen-bond donors (Lipinski definition) is 1. The number of esters is 1. The second-order valence-corrected chi connectivity index (χ2v) is 4.16. The lowest BCUT2D eigenvalue weighted by Crippen LogP contribution is -2.22. The van der Waals surface area contributed by atoms with E-state index in [1.807, 2.05) is 6.92 Å². The molecule has 0 aromatic carbocycles. The third kappa shape index (κ3) is 1.88. The zero-order valence-corrected chi connectivity index (χ0v) is 10.5. The van der Waals surface area contributed by atoms with Crippen molar-refractivity contribution in [1.82, 2.24) is 9.97 Å². The van der Waals surface area contributed by atoms with Crippen molar-refractivity contribution in [3.8, 4) is 0 Å². The predicted octanol–water partition coefficient (Wildman–Crippen LogP) is 1.51. The summed E-state index contributed by atoms with van der Waals surface area (Å²) in [6.45, 7) is 3.47. The summed E-state index contributed by atoms with van der Waals surface area (Å²) >= 11 is 0. The second-order valence-electron chi connectivity index (χ2n) is 4.16. The third-order valence-corrected chi connectivity index (χ3v) is 3.11. The number of aryl methyl sites for hydroxylation is 1. The van der Waals surface area contributed by atoms with Gasteiger partial charge in [0.05, 0.1) is 18.5 Å². The number of carbonyl (C=O) groups is 1. The fraction of sp³-hybridized carbons (Fsp3) is 0.308. The Morgan fingerprint density at radius 2 is 2.22 bits per heavy atom. The molecule has 94 valence electrons. The molecule has 1 atom stereocenters. The van der Waals surface area contributed by atoms with E-state index in [1.54, 1.807) is 25.4 Å². The van der Waals surface area contributed by atoms with E-state index in [2.05, 4.69) is 14.7 Å². The van der Waals surface area contributed by atoms with Crippen LogP contribution in [0.3, 0.4) is 0 Å². The van der Waals surface area contributed by atoms with Crippen molar-refractivity contribution < 1.29 is 9.53 Å². The van der Waals surface area contributed by atoms with E-state index in [0.29, 0.717) is 11.1 Å². The maximum atomic E-state index is 12.0. The number of nitrogens with one attached hydrogen (secondary N) is 1. The van der Waals surface area contributed by atoms with Gasteiger partial charge in [-0.1, -0.05) is 0 Å². The Labute approximate surface area is 104 Å². The molecule has 1 unspecified atom stereocenters. The number of aromatic amines is 1. The maximum absolute atomic E-state index is 12.0. The molecule has 18 heavy (non-hydrogen) atoms. The zero-order chi connectivity index (χ0) is 13.3. The molecule has 2 aromatic rings. The van der Waals surface area contributed by atoms with Gasteiger partial charge >= 0.3 is 5.97 Å². The molecule has 0 radical (unpaired) electrons. The van der Waals surface area contributed by atoms with Crippen LogP contribution in [-0.4, -0.2) is 23.0 Å². The van der Waals surface area contributed by atoms with Crippen LogP contribution >= 0.6 is 0 Å². The number of nitrogens with zero attached hydrogens (tertiary/aromatic N) is 1. The van der Waals surface area contributed by atoms with Crippen LogP contribution in [0.5, 0.6) is 0 Å². The minimum Gasteiger partial charge on any atom is -0.469 e. The molecule has 0 fully saturated rings. The molecule has 5 heteroatoms. The number of hydrogen-bond acceptors (Lipinski definition) is 4. The molecule has 0 saturated heterocycles. The van der Waals surface area contributed by atoms with Crippen molar-refractivity contribution in [1.29, 1.82) is 0 Å². The summed E-state index contributed by atoms with van der Waals surface area (Å²) < 4.78 is 4.68. The summed E-state index contributed by atoms with van der Waals surface area (Å²) in [4.78, 5) is 30.4. The first-order valence-electron chi connectivity index (χ1n) is 5.60. The smallest absolute Gasteiger partial charge is 0.313 e. The lowest BCUT2D eigenvalue weighted by atomic mass is 9.96. The average molecular weight is 246 g/mol. The molecule has 2 aromatic heterocycles. The maximum Gasteiger partial charge on any atom is 0.313 e. The van der Waals surface area contributed by atoms with Crippen molar-refractivity contribution in [3.05, 3.63) is 39.9 Å². The first kappa shape index (κ1) is 12.3. The second kappa shape index (κ2) is 4.60. The summed E-state index contributed by atoms with van der Waals surface area (Å²) in [5.41, 5.74) is 1.65. The predicted molar refractivity (Wildman–Crippen MR) is 67.5 cm³/mol. The Morgan fingerprint density at radius 1 is 1.50 bits per heavy atom. The van der Waals surface area contributed by atoms with E-state index in [-0.39, 0.29) is 5.56 Å². The van der Waals surface area contributed by atoms with E-state index in [9.17, 15) is 9.59 Å². The Kier molecular flexibility index (Phi) is 3.14. The van der Waals surface area contributed by atoms with Crippen LogP contribution in [-0.2, 0) is 9.53 Å². The number of ether oxygens (including phenoxy) is 1. The van der Waals surface area contributed by atoms with Crippen molar-refractivity contribution in [3.63, 3.8) is 0 Å². The van der Waals surface area contributed by atoms with Gasteiger partial charge in [0.2, 0.25) is 0 Å². The molecule has 0 aliphatic heterocycles. The van der Waals surface area contributed by atoms with E-state index in [0.717, 1.165) is 10.9 Å². The van der Waals surface area contributed by atoms with Gasteiger partial charge in [-0.2, -0.15) is 0 Å². The first-order chi connectivity index (χ1) is 8.56. The molecule has 0 saturated carbocycles. The highest BCUT2D eigenvalue weighted by atomic mass is 16.5. The van der Waals surface area contributed by atoms with Gasteiger partial charge in [-0.05, 0) is 25.5 Å². The third-order valence-electron chi connectivity index (χ3n) is 3.11. The highest BCUT2D eigenvalue weighted by molar-refractivity contribution is 5.85. The Hall–Kier alpha value is -2.17. The van der Waals surface area contributed by atoms with E-state index < -0.39 is 11.9 Å². The molecular weight excluding hydrogens is 232 g/mol. The van der Waals surface area contributed by atoms with Crippen molar-refractivity contribution >= 4 is 16.9 Å². The average Bonchev–Trinajstić information content (AvgIpc) is 2.37. The zero-order valence-electron chi connectivity index (χ0n) is 10.5. The van der Waals surface area contributed by atoms with Crippen molar-refractivity contribution in [2.75, 3.05) is 7.11 Å². The van der Waals surface area contributed by atoms with Crippen LogP contribution in [0.25, 0.3) is 10.9 Å². The van der Waals surface area contributed by atoms with Gasteiger partial charge in [0.1, 0.15) is 0 Å². The highest BCUT2D eigenvalue weighted by Gasteiger charge is 2.22. The van der Waals surface area contributed by atoms with Crippen LogP contribution in [0.1, 0.15) is 24.0 Å². The number of fused-ring (bicyclic) bond motifs is 1. The van der Waals surface area contributed by atoms with Gasteiger partial charge in [0.25, 0.3) is 5.56 Å². The van der Waals surface area contributed by atoms with Gasteiger partial charge in [-0.25, -0.2) is 0 Å². The van der Waals surface area contributed by atoms with Crippen molar-refractivity contribution in [2.45, 2.75) is 19.8 Å². The number of pyridine rings is 2. The molecule has 0 spiro atoms. The minimum atomic E-state index is -0.594. The van der Waals surface area contributed by atoms with E-state index in [4.69, 9.17) is 0 Å². The highest BCUT2D eigenvalue weighted by Crippen LogP contribution is 2.22. The quantitative estimate of drug-likeness (QED) is 0.815. The standard InChI is InChI=1S/C13H14N2O3/c1-7-9-6-14-5-4-10(9)15-12(16)11(7)8(2)13(17)18-3/h4-6,8H,1-3H3,(H,15,16). The Morgan fingerprint density at radius 3 is 2.89 bits per heavy atom. The van der Waals surface area contributed by atoms with Crippen LogP contribution in [0.15, 0.2) is 23.3 Å². The molecule has 0 amide bonds. The summed E-state index contributed by atoms with van der Waals surface area (Å²) in [6.07, 6.45) is 3.29. The fourth-order valence-electron chi connectivity index (χ4n) is 2.12. The topological polar surface area (TPSA) is 72.0 Å². The van der Waals surface area contributed by atoms with Gasteiger partial charge in [-0.3, -0.25) is 14.6 Å². The number of H-pyrrole nitrogens is 1. The van der Waals surface area contributed by atoms with Crippen LogP contribution in [0, 0.1) is 6.92 Å². The molecule has 0 aliphatic carbocycles. The summed E-state index contributed by atoms with van der Waals surface area (Å²) in [7, 11) is 1.31. The lowest BCUT2D eigenvalue weighted by molar-refractivity contribution is -0.142.